The van der Waals surface area contributed by atoms with Crippen LogP contribution in [-0.2, 0) is 16.0 Å². The van der Waals surface area contributed by atoms with E-state index >= 15 is 0 Å². The fraction of sp³-hybridized carbons (Fsp3) is 0.375. The van der Waals surface area contributed by atoms with E-state index in [9.17, 15) is 14.0 Å². The largest absolute Gasteiger partial charge is 0.489 e. The first-order valence-corrected chi connectivity index (χ1v) is 7.19. The molecule has 24 heavy (non-hydrogen) atoms. The molecule has 0 aromatic heterocycles. The Hall–Kier alpha value is -2.12. The molecule has 0 saturated carbocycles. The fourth-order valence-corrected chi connectivity index (χ4v) is 2.28. The minimum Gasteiger partial charge on any atom is -0.489 e. The molecule has 1 aliphatic rings. The number of benzene rings is 1. The first-order valence-electron chi connectivity index (χ1n) is 7.19. The number of ether oxygens (including phenoxy) is 2. The molecule has 1 aromatic rings. The molecule has 1 amide bonds. The zero-order valence-electron chi connectivity index (χ0n) is 13.3. The van der Waals surface area contributed by atoms with Crippen molar-refractivity contribution < 1.29 is 23.5 Å². The normalized spacial score (nSPS) is 13.9. The van der Waals surface area contributed by atoms with Gasteiger partial charge in [-0.05, 0) is 30.2 Å². The van der Waals surface area contributed by atoms with Gasteiger partial charge in [-0.1, -0.05) is 0 Å². The lowest BCUT2D eigenvalue weighted by Crippen LogP contribution is -2.41. The number of nitrogens with two attached hydrogens (primary N) is 1. The van der Waals surface area contributed by atoms with Crippen LogP contribution in [0.2, 0.25) is 0 Å². The molecule has 0 fully saturated rings. The Morgan fingerprint density at radius 1 is 1.46 bits per heavy atom. The molecule has 2 N–H and O–H groups in total. The second-order valence-electron chi connectivity index (χ2n) is 5.13. The summed E-state index contributed by atoms with van der Waals surface area (Å²) in [4.78, 5) is 25.1. The van der Waals surface area contributed by atoms with E-state index in [2.05, 4.69) is 4.74 Å². The standard InChI is InChI=1S/C16H19FN2O4.ClH/c1-22-15(20)9-19-5-4-12-6-13(2-3-14(12)16(19)21)23-10-11(7-17)8-18;/h2-3,6-7H,4-5,8-10,18H2,1H3;1H/b11-7+;. The highest BCUT2D eigenvalue weighted by molar-refractivity contribution is 5.98. The van der Waals surface area contributed by atoms with E-state index in [1.54, 1.807) is 18.2 Å². The number of carbonyl (C=O) groups excluding carboxylic acids is 2. The van der Waals surface area contributed by atoms with Gasteiger partial charge in [-0.2, -0.15) is 0 Å². The van der Waals surface area contributed by atoms with Crippen LogP contribution in [0.3, 0.4) is 0 Å². The van der Waals surface area contributed by atoms with Gasteiger partial charge in [-0.15, -0.1) is 12.4 Å². The number of halogens is 2. The lowest BCUT2D eigenvalue weighted by Gasteiger charge is -2.27. The molecule has 8 heteroatoms. The van der Waals surface area contributed by atoms with Gasteiger partial charge in [0.1, 0.15) is 18.9 Å². The summed E-state index contributed by atoms with van der Waals surface area (Å²) in [5, 5.41) is 0. The third-order valence-electron chi connectivity index (χ3n) is 3.63. The second kappa shape index (κ2) is 9.24. The van der Waals surface area contributed by atoms with Gasteiger partial charge in [-0.25, -0.2) is 4.39 Å². The van der Waals surface area contributed by atoms with Crippen molar-refractivity contribution in [3.8, 4) is 5.75 Å². The summed E-state index contributed by atoms with van der Waals surface area (Å²) < 4.78 is 22.5. The molecule has 2 rings (SSSR count). The minimum absolute atomic E-state index is 0. The summed E-state index contributed by atoms with van der Waals surface area (Å²) in [5.41, 5.74) is 7.09. The molecule has 1 aliphatic heterocycles. The maximum absolute atomic E-state index is 12.5. The van der Waals surface area contributed by atoms with Crippen LogP contribution < -0.4 is 10.5 Å². The average Bonchev–Trinajstić information content (AvgIpc) is 2.58. The van der Waals surface area contributed by atoms with Gasteiger partial charge in [0.05, 0.1) is 13.4 Å². The van der Waals surface area contributed by atoms with Crippen LogP contribution in [0.15, 0.2) is 30.1 Å². The summed E-state index contributed by atoms with van der Waals surface area (Å²) in [6.07, 6.45) is 1.05. The zero-order valence-corrected chi connectivity index (χ0v) is 14.1. The van der Waals surface area contributed by atoms with Crippen LogP contribution in [0.1, 0.15) is 15.9 Å². The molecule has 6 nitrogen and oxygen atoms in total. The second-order valence-corrected chi connectivity index (χ2v) is 5.13. The number of amides is 1. The summed E-state index contributed by atoms with van der Waals surface area (Å²) in [7, 11) is 1.29. The summed E-state index contributed by atoms with van der Waals surface area (Å²) in [6.45, 7) is 0.521. The highest BCUT2D eigenvalue weighted by Crippen LogP contribution is 2.24. The van der Waals surface area contributed by atoms with Crippen molar-refractivity contribution in [2.75, 3.05) is 33.4 Å². The van der Waals surface area contributed by atoms with E-state index in [1.165, 1.54) is 12.0 Å². The lowest BCUT2D eigenvalue weighted by atomic mass is 9.98. The molecule has 0 unspecified atom stereocenters. The molecular weight excluding hydrogens is 339 g/mol. The molecule has 0 radical (unpaired) electrons. The Balaban J connectivity index is 0.00000288. The minimum atomic E-state index is -0.450. The quantitative estimate of drug-likeness (QED) is 0.779. The number of hydrogen-bond acceptors (Lipinski definition) is 5. The molecule has 1 aromatic carbocycles. The predicted octanol–water partition coefficient (Wildman–Crippen LogP) is 1.47. The summed E-state index contributed by atoms with van der Waals surface area (Å²) >= 11 is 0. The number of nitrogens with zero attached hydrogens (tertiary/aromatic N) is 1. The molecular formula is C16H20ClFN2O4. The summed E-state index contributed by atoms with van der Waals surface area (Å²) in [5.74, 6) is -0.116. The topological polar surface area (TPSA) is 81.9 Å². The van der Waals surface area contributed by atoms with Gasteiger partial charge in [0, 0.05) is 24.2 Å². The van der Waals surface area contributed by atoms with E-state index < -0.39 is 5.97 Å². The van der Waals surface area contributed by atoms with Crippen LogP contribution in [0.25, 0.3) is 0 Å². The van der Waals surface area contributed by atoms with Crippen molar-refractivity contribution in [3.05, 3.63) is 41.2 Å². The predicted molar refractivity (Wildman–Crippen MR) is 89.1 cm³/mol. The smallest absolute Gasteiger partial charge is 0.325 e. The van der Waals surface area contributed by atoms with Crippen molar-refractivity contribution >= 4 is 24.3 Å². The number of carbonyl (C=O) groups is 2. The SMILES string of the molecule is COC(=O)CN1CCc2cc(OC/C(=C/F)CN)ccc2C1=O.Cl. The molecule has 0 bridgehead atoms. The van der Waals surface area contributed by atoms with Crippen molar-refractivity contribution in [1.29, 1.82) is 0 Å². The molecule has 132 valence electrons. The Labute approximate surface area is 145 Å². The Morgan fingerprint density at radius 2 is 2.21 bits per heavy atom. The fourth-order valence-electron chi connectivity index (χ4n) is 2.28. The number of fused-ring (bicyclic) bond motifs is 1. The number of hydrogen-bond donors (Lipinski definition) is 1. The third kappa shape index (κ3) is 4.69. The summed E-state index contributed by atoms with van der Waals surface area (Å²) in [6, 6.07) is 5.05. The van der Waals surface area contributed by atoms with Crippen molar-refractivity contribution in [3.63, 3.8) is 0 Å². The Kier molecular flexibility index (Phi) is 7.67. The molecule has 0 aliphatic carbocycles. The van der Waals surface area contributed by atoms with Crippen LogP contribution in [0.5, 0.6) is 5.75 Å². The van der Waals surface area contributed by atoms with E-state index in [0.717, 1.165) is 5.56 Å². The van der Waals surface area contributed by atoms with E-state index in [1.807, 2.05) is 0 Å². The van der Waals surface area contributed by atoms with Gasteiger partial charge >= 0.3 is 5.97 Å². The van der Waals surface area contributed by atoms with Gasteiger partial charge in [-0.3, -0.25) is 9.59 Å². The third-order valence-corrected chi connectivity index (χ3v) is 3.63. The van der Waals surface area contributed by atoms with Gasteiger partial charge in [0.15, 0.2) is 0 Å². The number of rotatable bonds is 6. The lowest BCUT2D eigenvalue weighted by molar-refractivity contribution is -0.141. The first-order chi connectivity index (χ1) is 11.1. The average molecular weight is 359 g/mol. The molecule has 0 saturated heterocycles. The highest BCUT2D eigenvalue weighted by Gasteiger charge is 2.26. The van der Waals surface area contributed by atoms with Crippen LogP contribution in [0, 0.1) is 0 Å². The van der Waals surface area contributed by atoms with E-state index in [0.29, 0.717) is 36.2 Å². The maximum atomic E-state index is 12.5. The van der Waals surface area contributed by atoms with Crippen LogP contribution in [-0.4, -0.2) is 50.1 Å². The van der Waals surface area contributed by atoms with Gasteiger partial charge in [0.2, 0.25) is 0 Å². The first kappa shape index (κ1) is 19.9. The highest BCUT2D eigenvalue weighted by atomic mass is 35.5. The van der Waals surface area contributed by atoms with E-state index in [4.69, 9.17) is 10.5 Å². The number of esters is 1. The molecule has 0 spiro atoms. The number of methoxy groups -OCH3 is 1. The van der Waals surface area contributed by atoms with Crippen LogP contribution >= 0.6 is 12.4 Å². The monoisotopic (exact) mass is 358 g/mol. The van der Waals surface area contributed by atoms with Crippen molar-refractivity contribution in [1.82, 2.24) is 4.90 Å². The van der Waals surface area contributed by atoms with Gasteiger partial charge < -0.3 is 20.1 Å². The Morgan fingerprint density at radius 3 is 2.83 bits per heavy atom. The van der Waals surface area contributed by atoms with Crippen LogP contribution in [0.4, 0.5) is 4.39 Å². The van der Waals surface area contributed by atoms with Gasteiger partial charge in [0.25, 0.3) is 5.91 Å². The van der Waals surface area contributed by atoms with Crippen molar-refractivity contribution in [2.24, 2.45) is 5.73 Å². The zero-order chi connectivity index (χ0) is 16.8. The van der Waals surface area contributed by atoms with Crippen molar-refractivity contribution in [2.45, 2.75) is 6.42 Å². The molecule has 0 atom stereocenters. The maximum Gasteiger partial charge on any atom is 0.325 e. The molecule has 1 heterocycles. The Bertz CT molecular complexity index is 637. The van der Waals surface area contributed by atoms with E-state index in [-0.39, 0.29) is 38.0 Å².